The molecule has 3 nitrogen and oxygen atoms in total. The zero-order valence-corrected chi connectivity index (χ0v) is 28.5. The van der Waals surface area contributed by atoms with Gasteiger partial charge in [0.05, 0.1) is 24.7 Å². The average Bonchev–Trinajstić information content (AvgIpc) is 3.90. The van der Waals surface area contributed by atoms with Gasteiger partial charge in [0, 0.05) is 22.0 Å². The van der Waals surface area contributed by atoms with E-state index in [2.05, 4.69) is 18.2 Å². The smallest absolute Gasteiger partial charge is 0.145 e. The van der Waals surface area contributed by atoms with E-state index >= 15 is 0 Å². The van der Waals surface area contributed by atoms with Crippen LogP contribution in [0, 0.1) is 0 Å². The molecule has 0 atom stereocenters. The Hall–Kier alpha value is -7.23. The number of hydrogen-bond donors (Lipinski definition) is 0. The lowest BCUT2D eigenvalue weighted by atomic mass is 9.84. The second-order valence-electron chi connectivity index (χ2n) is 13.1. The lowest BCUT2D eigenvalue weighted by Gasteiger charge is -2.20. The topological polar surface area (TPSA) is 31.0 Å². The number of para-hydroxylation sites is 3. The lowest BCUT2D eigenvalue weighted by molar-refractivity contribution is 0.669. The summed E-state index contributed by atoms with van der Waals surface area (Å²) >= 11 is 0. The van der Waals surface area contributed by atoms with Crippen LogP contribution in [-0.2, 0) is 0 Å². The largest absolute Gasteiger partial charge is 0.456 e. The van der Waals surface area contributed by atoms with E-state index in [1.807, 2.05) is 114 Å². The van der Waals surface area contributed by atoms with Gasteiger partial charge in [0.25, 0.3) is 0 Å². The molecule has 0 N–H and O–H groups in total. The molecular formula is C51H32N2O. The summed E-state index contributed by atoms with van der Waals surface area (Å²) in [7, 11) is 0. The van der Waals surface area contributed by atoms with Crippen LogP contribution in [0.5, 0.6) is 0 Å². The van der Waals surface area contributed by atoms with Gasteiger partial charge in [0.1, 0.15) is 17.0 Å². The van der Waals surface area contributed by atoms with Crippen LogP contribution < -0.4 is 0 Å². The molecule has 0 amide bonds. The number of aromatic nitrogens is 2. The standard InChI is InChI=1S/C51H32N2O/c1-3-15-33(16-4-1)35-29-30-40-43(32-35)49(42-24-14-28-47-50(42)41-23-9-12-27-46(41)54-47)39-22-8-7-21-38(39)48(40)36-19-13-20-37(31-36)53-45-26-11-10-25-44(45)52-51(53)34-17-5-2-6-18-34/h1-32H/i1D,2D,3D,4D,5D,6D,15D,16D,17D,18D. The molecule has 0 aliphatic heterocycles. The quantitative estimate of drug-likeness (QED) is 0.168. The van der Waals surface area contributed by atoms with Gasteiger partial charge in [-0.2, -0.15) is 0 Å². The van der Waals surface area contributed by atoms with Gasteiger partial charge < -0.3 is 4.42 Å². The van der Waals surface area contributed by atoms with E-state index < -0.39 is 36.3 Å². The van der Waals surface area contributed by atoms with E-state index in [-0.39, 0.29) is 41.1 Å². The molecule has 11 rings (SSSR count). The van der Waals surface area contributed by atoms with Gasteiger partial charge in [0.15, 0.2) is 0 Å². The fourth-order valence-electron chi connectivity index (χ4n) is 7.93. The third-order valence-electron chi connectivity index (χ3n) is 10.2. The molecule has 0 aliphatic rings. The van der Waals surface area contributed by atoms with Crippen LogP contribution in [-0.4, -0.2) is 9.55 Å². The molecule has 0 radical (unpaired) electrons. The van der Waals surface area contributed by atoms with Gasteiger partial charge in [-0.05, 0) is 97.4 Å². The molecule has 2 aromatic heterocycles. The fourth-order valence-corrected chi connectivity index (χ4v) is 7.93. The summed E-state index contributed by atoms with van der Waals surface area (Å²) < 4.78 is 94.4. The van der Waals surface area contributed by atoms with Crippen LogP contribution >= 0.6 is 0 Å². The van der Waals surface area contributed by atoms with E-state index in [0.29, 0.717) is 27.9 Å². The predicted molar refractivity (Wildman–Crippen MR) is 225 cm³/mol. The highest BCUT2D eigenvalue weighted by Gasteiger charge is 2.22. The number of imidazole rings is 1. The SMILES string of the molecule is [2H]c1c([2H])c([2H])c(-c2ccc3c(-c4cccc(-n5c(-c6c([2H])c([2H])c([2H])c([2H])c6[2H])nc6ccccc65)c4)c4ccccc4c(-c4cccc5oc6ccccc6c45)c3c2)c([2H])c1[2H]. The van der Waals surface area contributed by atoms with Crippen molar-refractivity contribution in [2.45, 2.75) is 0 Å². The minimum atomic E-state index is -0.488. The monoisotopic (exact) mass is 698 g/mol. The Bertz CT molecular complexity index is 3760. The van der Waals surface area contributed by atoms with Gasteiger partial charge in [-0.15, -0.1) is 0 Å². The van der Waals surface area contributed by atoms with Crippen molar-refractivity contribution < 1.29 is 18.1 Å². The third kappa shape index (κ3) is 4.72. The molecule has 54 heavy (non-hydrogen) atoms. The van der Waals surface area contributed by atoms with Gasteiger partial charge in [-0.3, -0.25) is 4.57 Å². The molecule has 252 valence electrons. The normalized spacial score (nSPS) is 14.3. The zero-order chi connectivity index (χ0) is 44.3. The first-order chi connectivity index (χ1) is 30.9. The summed E-state index contributed by atoms with van der Waals surface area (Å²) in [5.74, 6) is 0.198. The fraction of sp³-hybridized carbons (Fsp3) is 0. The Kier molecular flexibility index (Phi) is 4.96. The molecule has 0 saturated heterocycles. The summed E-state index contributed by atoms with van der Waals surface area (Å²) in [4.78, 5) is 4.87. The molecule has 0 spiro atoms. The number of hydrogen-bond acceptors (Lipinski definition) is 2. The molecule has 0 unspecified atom stereocenters. The first kappa shape index (κ1) is 22.0. The van der Waals surface area contributed by atoms with Crippen LogP contribution in [0.3, 0.4) is 0 Å². The van der Waals surface area contributed by atoms with Crippen molar-refractivity contribution in [1.29, 1.82) is 0 Å². The summed E-state index contributed by atoms with van der Waals surface area (Å²) in [6.07, 6.45) is 0. The van der Waals surface area contributed by atoms with Crippen molar-refractivity contribution in [3.8, 4) is 50.5 Å². The van der Waals surface area contributed by atoms with Crippen molar-refractivity contribution in [2.24, 2.45) is 0 Å². The highest BCUT2D eigenvalue weighted by Crippen LogP contribution is 2.48. The highest BCUT2D eigenvalue weighted by molar-refractivity contribution is 6.26. The number of furan rings is 1. The van der Waals surface area contributed by atoms with E-state index in [0.717, 1.165) is 60.2 Å². The molecule has 9 aromatic carbocycles. The molecule has 11 aromatic rings. The van der Waals surface area contributed by atoms with E-state index in [4.69, 9.17) is 23.1 Å². The van der Waals surface area contributed by atoms with Gasteiger partial charge >= 0.3 is 0 Å². The van der Waals surface area contributed by atoms with E-state index in [1.165, 1.54) is 0 Å². The highest BCUT2D eigenvalue weighted by atomic mass is 16.3. The van der Waals surface area contributed by atoms with Gasteiger partial charge in [0.2, 0.25) is 0 Å². The minimum Gasteiger partial charge on any atom is -0.456 e. The van der Waals surface area contributed by atoms with Gasteiger partial charge in [-0.25, -0.2) is 4.98 Å². The molecule has 0 bridgehead atoms. The summed E-state index contributed by atoms with van der Waals surface area (Å²) in [5.41, 5.74) is 7.31. The Morgan fingerprint density at radius 1 is 0.463 bits per heavy atom. The number of benzene rings is 9. The maximum atomic E-state index is 8.93. The molecule has 3 heteroatoms. The summed E-state index contributed by atoms with van der Waals surface area (Å²) in [6, 6.07) is 38.8. The van der Waals surface area contributed by atoms with Crippen LogP contribution in [0.4, 0.5) is 0 Å². The Labute approximate surface area is 326 Å². The molecule has 0 saturated carbocycles. The van der Waals surface area contributed by atoms with Crippen LogP contribution in [0.1, 0.15) is 13.7 Å². The lowest BCUT2D eigenvalue weighted by Crippen LogP contribution is -1.98. The number of rotatable bonds is 5. The zero-order valence-electron chi connectivity index (χ0n) is 38.5. The van der Waals surface area contributed by atoms with Crippen molar-refractivity contribution >= 4 is 54.5 Å². The second kappa shape index (κ2) is 12.2. The Morgan fingerprint density at radius 2 is 1.13 bits per heavy atom. The number of nitrogens with zero attached hydrogens (tertiary/aromatic N) is 2. The third-order valence-corrected chi connectivity index (χ3v) is 10.2. The van der Waals surface area contributed by atoms with Crippen molar-refractivity contribution in [3.63, 3.8) is 0 Å². The second-order valence-corrected chi connectivity index (χ2v) is 13.1. The Morgan fingerprint density at radius 3 is 1.96 bits per heavy atom. The number of fused-ring (bicyclic) bond motifs is 6. The van der Waals surface area contributed by atoms with Crippen LogP contribution in [0.25, 0.3) is 105 Å². The van der Waals surface area contributed by atoms with Crippen molar-refractivity contribution in [2.75, 3.05) is 0 Å². The summed E-state index contributed by atoms with van der Waals surface area (Å²) in [5, 5.41) is 5.27. The minimum absolute atomic E-state index is 0.0195. The predicted octanol–water partition coefficient (Wildman–Crippen LogP) is 13.9. The first-order valence-electron chi connectivity index (χ1n) is 22.6. The molecular weight excluding hydrogens is 657 g/mol. The Balaban J connectivity index is 1.25. The van der Waals surface area contributed by atoms with Gasteiger partial charge in [-0.1, -0.05) is 151 Å². The van der Waals surface area contributed by atoms with Crippen LogP contribution in [0.2, 0.25) is 0 Å². The summed E-state index contributed by atoms with van der Waals surface area (Å²) in [6.45, 7) is 0. The average molecular weight is 699 g/mol. The maximum absolute atomic E-state index is 8.93. The van der Waals surface area contributed by atoms with Crippen molar-refractivity contribution in [3.05, 3.63) is 194 Å². The molecule has 0 aliphatic carbocycles. The van der Waals surface area contributed by atoms with E-state index in [1.54, 1.807) is 6.07 Å². The molecule has 2 heterocycles. The molecule has 0 fully saturated rings. The van der Waals surface area contributed by atoms with Crippen LogP contribution in [0.15, 0.2) is 198 Å². The maximum Gasteiger partial charge on any atom is 0.145 e. The van der Waals surface area contributed by atoms with Crippen molar-refractivity contribution in [1.82, 2.24) is 9.55 Å². The van der Waals surface area contributed by atoms with E-state index in [9.17, 15) is 0 Å². The first-order valence-corrected chi connectivity index (χ1v) is 17.6.